The number of aryl methyl sites for hydroxylation is 1. The van der Waals surface area contributed by atoms with Gasteiger partial charge in [-0.2, -0.15) is 0 Å². The number of aliphatic hydroxyl groups excluding tert-OH is 1. The zero-order valence-electron chi connectivity index (χ0n) is 12.4. The first kappa shape index (κ1) is 15.8. The van der Waals surface area contributed by atoms with Crippen molar-refractivity contribution in [2.45, 2.75) is 6.10 Å². The van der Waals surface area contributed by atoms with E-state index < -0.39 is 12.1 Å². The summed E-state index contributed by atoms with van der Waals surface area (Å²) in [5.41, 5.74) is 1.51. The number of hydrogen-bond donors (Lipinski definition) is 2. The molecule has 1 heterocycles. The van der Waals surface area contributed by atoms with Gasteiger partial charge in [-0.3, -0.25) is 4.79 Å². The molecule has 2 rings (SSSR count). The number of carbonyl (C=O) groups excluding carboxylic acids is 2. The van der Waals surface area contributed by atoms with Crippen molar-refractivity contribution >= 4 is 11.9 Å². The summed E-state index contributed by atoms with van der Waals surface area (Å²) in [6, 6.07) is 9.74. The summed E-state index contributed by atoms with van der Waals surface area (Å²) < 4.78 is 6.39. The second-order valence-electron chi connectivity index (χ2n) is 4.84. The van der Waals surface area contributed by atoms with Gasteiger partial charge in [0.2, 0.25) is 0 Å². The van der Waals surface area contributed by atoms with Crippen molar-refractivity contribution in [2.75, 3.05) is 13.7 Å². The van der Waals surface area contributed by atoms with Crippen LogP contribution in [0.3, 0.4) is 0 Å². The molecule has 0 saturated heterocycles. The molecule has 1 aromatic heterocycles. The van der Waals surface area contributed by atoms with Crippen molar-refractivity contribution in [3.63, 3.8) is 0 Å². The fourth-order valence-electron chi connectivity index (χ4n) is 2.09. The van der Waals surface area contributed by atoms with E-state index in [1.165, 1.54) is 31.4 Å². The quantitative estimate of drug-likeness (QED) is 0.815. The van der Waals surface area contributed by atoms with Crippen LogP contribution in [0.5, 0.6) is 0 Å². The molecule has 0 radical (unpaired) electrons. The lowest BCUT2D eigenvalue weighted by molar-refractivity contribution is 0.0600. The van der Waals surface area contributed by atoms with Crippen molar-refractivity contribution < 1.29 is 19.4 Å². The van der Waals surface area contributed by atoms with Crippen molar-refractivity contribution in [1.29, 1.82) is 0 Å². The van der Waals surface area contributed by atoms with Gasteiger partial charge >= 0.3 is 5.97 Å². The van der Waals surface area contributed by atoms with Crippen LogP contribution in [-0.2, 0) is 11.8 Å². The number of esters is 1. The first-order valence-corrected chi connectivity index (χ1v) is 6.79. The fourth-order valence-corrected chi connectivity index (χ4v) is 2.09. The molecule has 22 heavy (non-hydrogen) atoms. The van der Waals surface area contributed by atoms with Gasteiger partial charge in [-0.25, -0.2) is 4.79 Å². The molecular formula is C16H18N2O4. The van der Waals surface area contributed by atoms with Crippen LogP contribution in [-0.4, -0.2) is 35.2 Å². The smallest absolute Gasteiger partial charge is 0.337 e. The molecule has 0 aliphatic rings. The normalized spacial score (nSPS) is 11.8. The molecule has 116 valence electrons. The van der Waals surface area contributed by atoms with Gasteiger partial charge in [0.15, 0.2) is 0 Å². The van der Waals surface area contributed by atoms with Crippen molar-refractivity contribution in [2.24, 2.45) is 7.05 Å². The van der Waals surface area contributed by atoms with E-state index in [1.807, 2.05) is 19.3 Å². The Morgan fingerprint density at radius 2 is 1.86 bits per heavy atom. The van der Waals surface area contributed by atoms with Crippen molar-refractivity contribution in [3.8, 4) is 0 Å². The molecule has 0 saturated carbocycles. The van der Waals surface area contributed by atoms with Gasteiger partial charge in [-0.15, -0.1) is 0 Å². The summed E-state index contributed by atoms with van der Waals surface area (Å²) in [6.45, 7) is 0.107. The van der Waals surface area contributed by atoms with Crippen molar-refractivity contribution in [1.82, 2.24) is 9.88 Å². The predicted octanol–water partition coefficient (Wildman–Crippen LogP) is 1.28. The van der Waals surface area contributed by atoms with Crippen LogP contribution in [0.4, 0.5) is 0 Å². The SMILES string of the molecule is COC(=O)c1ccc(C(=O)NCC(O)c2cccn2C)cc1. The number of nitrogens with one attached hydrogen (secondary N) is 1. The molecule has 0 fully saturated rings. The van der Waals surface area contributed by atoms with Crippen LogP contribution in [0.25, 0.3) is 0 Å². The molecule has 6 heteroatoms. The van der Waals surface area contributed by atoms with E-state index in [1.54, 1.807) is 10.6 Å². The minimum atomic E-state index is -0.779. The minimum Gasteiger partial charge on any atom is -0.465 e. The second kappa shape index (κ2) is 6.91. The maximum absolute atomic E-state index is 12.0. The number of methoxy groups -OCH3 is 1. The molecule has 0 aliphatic heterocycles. The summed E-state index contributed by atoms with van der Waals surface area (Å²) in [5, 5.41) is 12.7. The third kappa shape index (κ3) is 3.53. The lowest BCUT2D eigenvalue weighted by Gasteiger charge is -2.13. The Bertz CT molecular complexity index is 661. The number of amides is 1. The van der Waals surface area contributed by atoms with Gasteiger partial charge in [0, 0.05) is 31.0 Å². The number of ether oxygens (including phenoxy) is 1. The van der Waals surface area contributed by atoms with Crippen LogP contribution in [0.1, 0.15) is 32.5 Å². The average molecular weight is 302 g/mol. The summed E-state index contributed by atoms with van der Waals surface area (Å²) in [7, 11) is 3.12. The van der Waals surface area contributed by atoms with E-state index in [0.29, 0.717) is 11.1 Å². The highest BCUT2D eigenvalue weighted by molar-refractivity contribution is 5.96. The molecule has 0 aliphatic carbocycles. The van der Waals surface area contributed by atoms with Crippen molar-refractivity contribution in [3.05, 3.63) is 59.4 Å². The first-order chi connectivity index (χ1) is 10.5. The molecule has 0 spiro atoms. The molecule has 2 N–H and O–H groups in total. The highest BCUT2D eigenvalue weighted by Crippen LogP contribution is 2.12. The Labute approximate surface area is 128 Å². The molecule has 1 atom stereocenters. The lowest BCUT2D eigenvalue weighted by atomic mass is 10.1. The standard InChI is InChI=1S/C16H18N2O4/c1-18-9-3-4-13(18)14(19)10-17-15(20)11-5-7-12(8-6-11)16(21)22-2/h3-9,14,19H,10H2,1-2H3,(H,17,20). The Balaban J connectivity index is 1.95. The van der Waals surface area contributed by atoms with Crippen LogP contribution in [0, 0.1) is 0 Å². The zero-order chi connectivity index (χ0) is 16.1. The first-order valence-electron chi connectivity index (χ1n) is 6.79. The summed E-state index contributed by atoms with van der Waals surface area (Å²) in [5.74, 6) is -0.768. The third-order valence-corrected chi connectivity index (χ3v) is 3.35. The van der Waals surface area contributed by atoms with Gasteiger partial charge < -0.3 is 19.7 Å². The number of nitrogens with zero attached hydrogens (tertiary/aromatic N) is 1. The van der Waals surface area contributed by atoms with Gasteiger partial charge in [0.1, 0.15) is 6.10 Å². The highest BCUT2D eigenvalue weighted by atomic mass is 16.5. The average Bonchev–Trinajstić information content (AvgIpc) is 2.97. The summed E-state index contributed by atoms with van der Waals surface area (Å²) in [4.78, 5) is 23.3. The lowest BCUT2D eigenvalue weighted by Crippen LogP contribution is -2.29. The number of aromatic nitrogens is 1. The monoisotopic (exact) mass is 302 g/mol. The van der Waals surface area contributed by atoms with Crippen LogP contribution in [0.15, 0.2) is 42.6 Å². The van der Waals surface area contributed by atoms with E-state index in [-0.39, 0.29) is 12.5 Å². The van der Waals surface area contributed by atoms with Gasteiger partial charge in [0.25, 0.3) is 5.91 Å². The molecule has 6 nitrogen and oxygen atoms in total. The third-order valence-electron chi connectivity index (χ3n) is 3.35. The second-order valence-corrected chi connectivity index (χ2v) is 4.84. The Kier molecular flexibility index (Phi) is 4.95. The van der Waals surface area contributed by atoms with E-state index in [9.17, 15) is 14.7 Å². The maximum atomic E-state index is 12.0. The molecule has 1 amide bonds. The fraction of sp³-hybridized carbons (Fsp3) is 0.250. The van der Waals surface area contributed by atoms with Crippen LogP contribution >= 0.6 is 0 Å². The van der Waals surface area contributed by atoms with Gasteiger partial charge in [-0.1, -0.05) is 0 Å². The van der Waals surface area contributed by atoms with Gasteiger partial charge in [-0.05, 0) is 36.4 Å². The largest absolute Gasteiger partial charge is 0.465 e. The Hall–Kier alpha value is -2.60. The summed E-state index contributed by atoms with van der Waals surface area (Å²) in [6.07, 6.45) is 1.05. The van der Waals surface area contributed by atoms with E-state index in [2.05, 4.69) is 10.1 Å². The number of aliphatic hydroxyl groups is 1. The number of rotatable bonds is 5. The van der Waals surface area contributed by atoms with E-state index >= 15 is 0 Å². The Morgan fingerprint density at radius 3 is 2.41 bits per heavy atom. The number of carbonyl (C=O) groups is 2. The topological polar surface area (TPSA) is 80.6 Å². The highest BCUT2D eigenvalue weighted by Gasteiger charge is 2.13. The number of hydrogen-bond acceptors (Lipinski definition) is 4. The van der Waals surface area contributed by atoms with Gasteiger partial charge in [0.05, 0.1) is 12.7 Å². The molecular weight excluding hydrogens is 284 g/mol. The Morgan fingerprint density at radius 1 is 1.23 bits per heavy atom. The molecule has 0 bridgehead atoms. The summed E-state index contributed by atoms with van der Waals surface area (Å²) >= 11 is 0. The van der Waals surface area contributed by atoms with Crippen LogP contribution < -0.4 is 5.32 Å². The number of benzene rings is 1. The molecule has 2 aromatic rings. The maximum Gasteiger partial charge on any atom is 0.337 e. The molecule has 1 aromatic carbocycles. The van der Waals surface area contributed by atoms with E-state index in [4.69, 9.17) is 0 Å². The minimum absolute atomic E-state index is 0.107. The predicted molar refractivity (Wildman–Crippen MR) is 80.5 cm³/mol. The molecule has 1 unspecified atom stereocenters. The zero-order valence-corrected chi connectivity index (χ0v) is 12.4. The van der Waals surface area contributed by atoms with Crippen LogP contribution in [0.2, 0.25) is 0 Å². The van der Waals surface area contributed by atoms with E-state index in [0.717, 1.165) is 5.69 Å².